The van der Waals surface area contributed by atoms with Crippen LogP contribution in [-0.4, -0.2) is 50.9 Å². The minimum atomic E-state index is -4.26. The fourth-order valence-corrected chi connectivity index (χ4v) is 7.05. The lowest BCUT2D eigenvalue weighted by atomic mass is 10.0. The molecular weight excluding hydrogens is 675 g/mol. The summed E-state index contributed by atoms with van der Waals surface area (Å²) in [6.45, 7) is 5.22. The molecule has 2 atom stereocenters. The van der Waals surface area contributed by atoms with Crippen molar-refractivity contribution in [1.82, 2.24) is 10.2 Å². The van der Waals surface area contributed by atoms with Crippen molar-refractivity contribution in [3.8, 4) is 17.2 Å². The Labute approximate surface area is 306 Å². The molecule has 0 saturated carbocycles. The number of anilines is 1. The predicted octanol–water partition coefficient (Wildman–Crippen LogP) is 7.55. The van der Waals surface area contributed by atoms with Crippen LogP contribution in [0.1, 0.15) is 37.0 Å². The first-order valence-corrected chi connectivity index (χ1v) is 18.7. The van der Waals surface area contributed by atoms with Crippen molar-refractivity contribution < 1.29 is 27.5 Å². The van der Waals surface area contributed by atoms with E-state index < -0.39 is 28.5 Å². The van der Waals surface area contributed by atoms with Crippen molar-refractivity contribution >= 4 is 27.5 Å². The molecular formula is C42H45N3O6S. The highest BCUT2D eigenvalue weighted by Crippen LogP contribution is 2.29. The van der Waals surface area contributed by atoms with E-state index in [9.17, 15) is 18.0 Å². The lowest BCUT2D eigenvalue weighted by Gasteiger charge is -2.34. The van der Waals surface area contributed by atoms with Crippen LogP contribution in [0.4, 0.5) is 5.69 Å². The smallest absolute Gasteiger partial charge is 0.264 e. The van der Waals surface area contributed by atoms with Crippen molar-refractivity contribution in [1.29, 1.82) is 0 Å². The third-order valence-electron chi connectivity index (χ3n) is 8.75. The fourth-order valence-electron chi connectivity index (χ4n) is 5.63. The average Bonchev–Trinajstić information content (AvgIpc) is 3.16. The summed E-state index contributed by atoms with van der Waals surface area (Å²) >= 11 is 0. The van der Waals surface area contributed by atoms with Crippen molar-refractivity contribution in [2.45, 2.75) is 57.1 Å². The molecule has 1 N–H and O–H groups in total. The molecule has 5 rings (SSSR count). The maximum atomic E-state index is 14.8. The van der Waals surface area contributed by atoms with Crippen LogP contribution in [-0.2, 0) is 32.6 Å². The Morgan fingerprint density at radius 1 is 0.750 bits per heavy atom. The molecule has 0 heterocycles. The van der Waals surface area contributed by atoms with Crippen molar-refractivity contribution in [3.63, 3.8) is 0 Å². The van der Waals surface area contributed by atoms with Crippen LogP contribution >= 0.6 is 0 Å². The van der Waals surface area contributed by atoms with E-state index in [0.717, 1.165) is 21.0 Å². The second kappa shape index (κ2) is 17.5. The summed E-state index contributed by atoms with van der Waals surface area (Å²) in [6, 6.07) is 37.9. The summed E-state index contributed by atoms with van der Waals surface area (Å²) < 4.78 is 41.4. The number of rotatable bonds is 16. The maximum Gasteiger partial charge on any atom is 0.264 e. The van der Waals surface area contributed by atoms with Gasteiger partial charge in [-0.05, 0) is 92.1 Å². The Morgan fingerprint density at radius 2 is 1.35 bits per heavy atom. The molecule has 0 unspecified atom stereocenters. The van der Waals surface area contributed by atoms with Gasteiger partial charge in [0.05, 0.1) is 17.7 Å². The molecule has 0 bridgehead atoms. The third-order valence-corrected chi connectivity index (χ3v) is 10.5. The number of benzene rings is 5. The van der Waals surface area contributed by atoms with Crippen LogP contribution in [0, 0.1) is 6.92 Å². The van der Waals surface area contributed by atoms with Gasteiger partial charge in [-0.25, -0.2) is 8.42 Å². The molecule has 5 aromatic carbocycles. The van der Waals surface area contributed by atoms with Crippen LogP contribution in [0.3, 0.4) is 0 Å². The van der Waals surface area contributed by atoms with Gasteiger partial charge in [-0.15, -0.1) is 0 Å². The molecule has 0 aliphatic heterocycles. The van der Waals surface area contributed by atoms with Gasteiger partial charge in [-0.1, -0.05) is 85.3 Å². The van der Waals surface area contributed by atoms with Crippen molar-refractivity contribution in [2.75, 3.05) is 18.0 Å². The third kappa shape index (κ3) is 9.79. The Morgan fingerprint density at radius 3 is 1.98 bits per heavy atom. The van der Waals surface area contributed by atoms with Gasteiger partial charge < -0.3 is 19.7 Å². The Kier molecular flexibility index (Phi) is 12.7. The van der Waals surface area contributed by atoms with Gasteiger partial charge in [-0.3, -0.25) is 13.9 Å². The SMILES string of the molecule is CC[C@@H](C)NC(=O)[C@@H](Cc1ccccc1)N(Cc1cccc(OC)c1)C(=O)CN(c1ccc(Oc2ccccc2)cc1)S(=O)(=O)c1ccc(C)cc1. The molecule has 0 radical (unpaired) electrons. The van der Waals surface area contributed by atoms with E-state index in [1.165, 1.54) is 17.0 Å². The molecule has 0 aliphatic rings. The number of nitrogens with zero attached hydrogens (tertiary/aromatic N) is 2. The molecule has 2 amide bonds. The first kappa shape index (κ1) is 37.6. The highest BCUT2D eigenvalue weighted by molar-refractivity contribution is 7.92. The average molecular weight is 720 g/mol. The van der Waals surface area contributed by atoms with Crippen LogP contribution in [0.25, 0.3) is 0 Å². The van der Waals surface area contributed by atoms with Gasteiger partial charge in [0.1, 0.15) is 29.8 Å². The summed E-state index contributed by atoms with van der Waals surface area (Å²) in [4.78, 5) is 30.4. The molecule has 9 nitrogen and oxygen atoms in total. The van der Waals surface area contributed by atoms with Gasteiger partial charge in [0.2, 0.25) is 11.8 Å². The quantitative estimate of drug-likeness (QED) is 0.113. The van der Waals surface area contributed by atoms with Gasteiger partial charge in [0.25, 0.3) is 10.0 Å². The van der Waals surface area contributed by atoms with E-state index in [1.807, 2.05) is 93.6 Å². The van der Waals surface area contributed by atoms with E-state index in [4.69, 9.17) is 9.47 Å². The molecule has 0 aromatic heterocycles. The van der Waals surface area contributed by atoms with E-state index in [1.54, 1.807) is 55.6 Å². The molecule has 0 saturated heterocycles. The van der Waals surface area contributed by atoms with Gasteiger partial charge in [-0.2, -0.15) is 0 Å². The second-order valence-electron chi connectivity index (χ2n) is 12.6. The molecule has 0 fully saturated rings. The Hall–Kier alpha value is -5.61. The zero-order valence-electron chi connectivity index (χ0n) is 29.9. The molecule has 0 aliphatic carbocycles. The van der Waals surface area contributed by atoms with E-state index >= 15 is 0 Å². The Balaban J connectivity index is 1.57. The van der Waals surface area contributed by atoms with E-state index in [0.29, 0.717) is 23.7 Å². The number of aryl methyl sites for hydroxylation is 1. The number of hydrogen-bond acceptors (Lipinski definition) is 6. The first-order valence-electron chi connectivity index (χ1n) is 17.3. The maximum absolute atomic E-state index is 14.8. The van der Waals surface area contributed by atoms with E-state index in [2.05, 4.69) is 5.32 Å². The Bertz CT molecular complexity index is 2020. The van der Waals surface area contributed by atoms with E-state index in [-0.39, 0.29) is 35.5 Å². The standard InChI is InChI=1S/C42H45N3O6S/c1-5-32(3)43-42(47)40(28-33-13-8-6-9-14-33)44(29-34-15-12-18-38(27-34)50-4)41(46)30-45(52(48,49)39-25-19-31(2)20-26-39)35-21-23-37(24-22-35)51-36-16-10-7-11-17-36/h6-27,32,40H,5,28-30H2,1-4H3,(H,43,47)/t32-,40-/m1/s1. The first-order chi connectivity index (χ1) is 25.1. The number of nitrogens with one attached hydrogen (secondary N) is 1. The summed E-state index contributed by atoms with van der Waals surface area (Å²) in [7, 11) is -2.70. The monoisotopic (exact) mass is 719 g/mol. The number of carbonyl (C=O) groups excluding carboxylic acids is 2. The van der Waals surface area contributed by atoms with Crippen LogP contribution < -0.4 is 19.1 Å². The molecule has 52 heavy (non-hydrogen) atoms. The predicted molar refractivity (Wildman–Crippen MR) is 204 cm³/mol. The van der Waals surface area contributed by atoms with Crippen LogP contribution in [0.15, 0.2) is 138 Å². The fraction of sp³-hybridized carbons (Fsp3) is 0.238. The summed E-state index contributed by atoms with van der Waals surface area (Å²) in [5.74, 6) is 0.837. The zero-order valence-corrected chi connectivity index (χ0v) is 30.8. The number of sulfonamides is 1. The number of ether oxygens (including phenoxy) is 2. The summed E-state index contributed by atoms with van der Waals surface area (Å²) in [6.07, 6.45) is 0.912. The highest BCUT2D eigenvalue weighted by Gasteiger charge is 2.35. The van der Waals surface area contributed by atoms with Gasteiger partial charge in [0.15, 0.2) is 0 Å². The summed E-state index contributed by atoms with van der Waals surface area (Å²) in [5.41, 5.74) is 2.73. The minimum Gasteiger partial charge on any atom is -0.497 e. The zero-order chi connectivity index (χ0) is 37.1. The van der Waals surface area contributed by atoms with Crippen molar-refractivity contribution in [2.24, 2.45) is 0 Å². The van der Waals surface area contributed by atoms with Gasteiger partial charge in [0, 0.05) is 19.0 Å². The molecule has 10 heteroatoms. The molecule has 270 valence electrons. The number of methoxy groups -OCH3 is 1. The number of hydrogen-bond donors (Lipinski definition) is 1. The number of carbonyl (C=O) groups is 2. The minimum absolute atomic E-state index is 0.0315. The lowest BCUT2D eigenvalue weighted by Crippen LogP contribution is -2.54. The lowest BCUT2D eigenvalue weighted by molar-refractivity contribution is -0.140. The van der Waals surface area contributed by atoms with Crippen molar-refractivity contribution in [3.05, 3.63) is 150 Å². The second-order valence-corrected chi connectivity index (χ2v) is 14.5. The normalized spacial score (nSPS) is 12.3. The largest absolute Gasteiger partial charge is 0.497 e. The summed E-state index contributed by atoms with van der Waals surface area (Å²) in [5, 5.41) is 3.06. The molecule has 0 spiro atoms. The van der Waals surface area contributed by atoms with Crippen LogP contribution in [0.2, 0.25) is 0 Å². The van der Waals surface area contributed by atoms with Gasteiger partial charge >= 0.3 is 0 Å². The van der Waals surface area contributed by atoms with Crippen LogP contribution in [0.5, 0.6) is 17.2 Å². The topological polar surface area (TPSA) is 105 Å². The molecule has 5 aromatic rings. The number of para-hydroxylation sites is 1. The highest BCUT2D eigenvalue weighted by atomic mass is 32.2. The number of amides is 2.